The van der Waals surface area contributed by atoms with Crippen molar-refractivity contribution in [3.05, 3.63) is 48.0 Å². The third-order valence-corrected chi connectivity index (χ3v) is 6.46. The van der Waals surface area contributed by atoms with Crippen molar-refractivity contribution >= 4 is 27.3 Å². The van der Waals surface area contributed by atoms with Crippen molar-refractivity contribution in [3.63, 3.8) is 0 Å². The molecule has 0 atom stereocenters. The van der Waals surface area contributed by atoms with Crippen molar-refractivity contribution in [2.45, 2.75) is 25.7 Å². The molecule has 1 fully saturated rings. The Balaban J connectivity index is 1.87. The Kier molecular flexibility index (Phi) is 7.98. The van der Waals surface area contributed by atoms with Gasteiger partial charge in [0, 0.05) is 44.1 Å². The standard InChI is InChI=1S/C23H32N4O4S/c1-4-31-19-6-8-20(9-7-19)32(29,30)26-18-5-10-22(27-13-11-24-12-14-27)21(15-18)23(28)25-16-17(2)3/h5-10,15,17,24,26H,4,11-14,16H2,1-3H3,(H,25,28). The predicted molar refractivity (Wildman–Crippen MR) is 127 cm³/mol. The average Bonchev–Trinajstić information content (AvgIpc) is 2.78. The van der Waals surface area contributed by atoms with E-state index in [9.17, 15) is 13.2 Å². The second kappa shape index (κ2) is 10.7. The molecule has 0 aromatic heterocycles. The van der Waals surface area contributed by atoms with Crippen LogP contribution >= 0.6 is 0 Å². The van der Waals surface area contributed by atoms with Crippen LogP contribution < -0.4 is 25.0 Å². The fourth-order valence-corrected chi connectivity index (χ4v) is 4.50. The highest BCUT2D eigenvalue weighted by Crippen LogP contribution is 2.27. The van der Waals surface area contributed by atoms with Gasteiger partial charge in [0.05, 0.1) is 17.1 Å². The number of hydrogen-bond acceptors (Lipinski definition) is 6. The minimum atomic E-state index is -3.81. The highest BCUT2D eigenvalue weighted by molar-refractivity contribution is 7.92. The van der Waals surface area contributed by atoms with Gasteiger partial charge in [-0.1, -0.05) is 13.8 Å². The van der Waals surface area contributed by atoms with Crippen LogP contribution in [0.15, 0.2) is 47.4 Å². The molecule has 0 radical (unpaired) electrons. The molecular weight excluding hydrogens is 428 g/mol. The van der Waals surface area contributed by atoms with Crippen LogP contribution in [-0.4, -0.2) is 53.7 Å². The lowest BCUT2D eigenvalue weighted by molar-refractivity contribution is 0.0949. The van der Waals surface area contributed by atoms with E-state index < -0.39 is 10.0 Å². The van der Waals surface area contributed by atoms with Gasteiger partial charge in [0.15, 0.2) is 0 Å². The molecule has 1 aliphatic rings. The lowest BCUT2D eigenvalue weighted by Crippen LogP contribution is -2.44. The predicted octanol–water partition coefficient (Wildman–Crippen LogP) is 2.68. The van der Waals surface area contributed by atoms with Gasteiger partial charge in [0.25, 0.3) is 15.9 Å². The number of sulfonamides is 1. The summed E-state index contributed by atoms with van der Waals surface area (Å²) in [5.74, 6) is 0.702. The largest absolute Gasteiger partial charge is 0.494 e. The van der Waals surface area contributed by atoms with Gasteiger partial charge in [-0.05, 0) is 55.3 Å². The molecule has 32 heavy (non-hydrogen) atoms. The Hall–Kier alpha value is -2.78. The number of hydrogen-bond donors (Lipinski definition) is 3. The normalized spacial score (nSPS) is 14.3. The summed E-state index contributed by atoms with van der Waals surface area (Å²) in [6, 6.07) is 11.4. The third kappa shape index (κ3) is 6.14. The number of rotatable bonds is 9. The van der Waals surface area contributed by atoms with Gasteiger partial charge in [-0.25, -0.2) is 8.42 Å². The molecule has 0 aliphatic carbocycles. The molecular formula is C23H32N4O4S. The van der Waals surface area contributed by atoms with Crippen molar-refractivity contribution in [3.8, 4) is 5.75 Å². The number of nitrogens with one attached hydrogen (secondary N) is 3. The zero-order valence-corrected chi connectivity index (χ0v) is 19.7. The Labute approximate surface area is 190 Å². The van der Waals surface area contributed by atoms with Crippen molar-refractivity contribution < 1.29 is 17.9 Å². The van der Waals surface area contributed by atoms with Crippen LogP contribution in [0.1, 0.15) is 31.1 Å². The maximum Gasteiger partial charge on any atom is 0.261 e. The molecule has 1 saturated heterocycles. The minimum Gasteiger partial charge on any atom is -0.494 e. The molecule has 1 amide bonds. The van der Waals surface area contributed by atoms with Gasteiger partial charge < -0.3 is 20.3 Å². The van der Waals surface area contributed by atoms with Crippen LogP contribution in [0, 0.1) is 5.92 Å². The lowest BCUT2D eigenvalue weighted by Gasteiger charge is -2.31. The lowest BCUT2D eigenvalue weighted by atomic mass is 10.1. The topological polar surface area (TPSA) is 99.8 Å². The summed E-state index contributed by atoms with van der Waals surface area (Å²) in [5.41, 5.74) is 1.60. The number of nitrogens with zero attached hydrogens (tertiary/aromatic N) is 1. The fourth-order valence-electron chi connectivity index (χ4n) is 3.45. The first-order valence-electron chi connectivity index (χ1n) is 10.9. The fraction of sp³-hybridized carbons (Fsp3) is 0.435. The monoisotopic (exact) mass is 460 g/mol. The highest BCUT2D eigenvalue weighted by atomic mass is 32.2. The molecule has 0 unspecified atom stereocenters. The first-order chi connectivity index (χ1) is 15.3. The second-order valence-corrected chi connectivity index (χ2v) is 9.77. The molecule has 0 saturated carbocycles. The van der Waals surface area contributed by atoms with E-state index in [2.05, 4.69) is 20.3 Å². The summed E-state index contributed by atoms with van der Waals surface area (Å²) in [6.45, 7) is 10.2. The van der Waals surface area contributed by atoms with Gasteiger partial charge in [0.2, 0.25) is 0 Å². The molecule has 1 heterocycles. The Bertz CT molecular complexity index is 1020. The van der Waals surface area contributed by atoms with Crippen molar-refractivity contribution in [1.29, 1.82) is 0 Å². The Morgan fingerprint density at radius 3 is 2.44 bits per heavy atom. The summed E-state index contributed by atoms with van der Waals surface area (Å²) < 4.78 is 33.7. The summed E-state index contributed by atoms with van der Waals surface area (Å²) in [5, 5.41) is 6.25. The number of carbonyl (C=O) groups excluding carboxylic acids is 1. The first kappa shape index (κ1) is 23.9. The quantitative estimate of drug-likeness (QED) is 0.532. The molecule has 1 aliphatic heterocycles. The SMILES string of the molecule is CCOc1ccc(S(=O)(=O)Nc2ccc(N3CCNCC3)c(C(=O)NCC(C)C)c2)cc1. The molecule has 2 aromatic carbocycles. The number of anilines is 2. The Morgan fingerprint density at radius 2 is 1.81 bits per heavy atom. The van der Waals surface area contributed by atoms with Crippen LogP contribution in [0.5, 0.6) is 5.75 Å². The smallest absolute Gasteiger partial charge is 0.261 e. The summed E-state index contributed by atoms with van der Waals surface area (Å²) in [4.78, 5) is 15.2. The van der Waals surface area contributed by atoms with E-state index in [1.165, 1.54) is 12.1 Å². The van der Waals surface area contributed by atoms with E-state index in [4.69, 9.17) is 4.74 Å². The van der Waals surface area contributed by atoms with Crippen LogP contribution in [0.2, 0.25) is 0 Å². The number of amides is 1. The maximum absolute atomic E-state index is 13.0. The minimum absolute atomic E-state index is 0.123. The van der Waals surface area contributed by atoms with Gasteiger partial charge in [0.1, 0.15) is 5.75 Å². The van der Waals surface area contributed by atoms with Crippen molar-refractivity contribution in [2.24, 2.45) is 5.92 Å². The van der Waals surface area contributed by atoms with E-state index in [1.807, 2.05) is 26.8 Å². The van der Waals surface area contributed by atoms with Crippen LogP contribution in [0.4, 0.5) is 11.4 Å². The highest BCUT2D eigenvalue weighted by Gasteiger charge is 2.21. The summed E-state index contributed by atoms with van der Waals surface area (Å²) in [7, 11) is -3.81. The number of ether oxygens (including phenoxy) is 1. The average molecular weight is 461 g/mol. The summed E-state index contributed by atoms with van der Waals surface area (Å²) >= 11 is 0. The van der Waals surface area contributed by atoms with E-state index in [-0.39, 0.29) is 10.8 Å². The molecule has 174 valence electrons. The zero-order chi connectivity index (χ0) is 23.1. The van der Waals surface area contributed by atoms with Crippen LogP contribution in [0.3, 0.4) is 0 Å². The first-order valence-corrected chi connectivity index (χ1v) is 12.4. The number of piperazine rings is 1. The summed E-state index contributed by atoms with van der Waals surface area (Å²) in [6.07, 6.45) is 0. The van der Waals surface area contributed by atoms with Gasteiger partial charge in [-0.15, -0.1) is 0 Å². The van der Waals surface area contributed by atoms with Crippen LogP contribution in [-0.2, 0) is 10.0 Å². The van der Waals surface area contributed by atoms with Gasteiger partial charge in [-0.2, -0.15) is 0 Å². The van der Waals surface area contributed by atoms with Gasteiger partial charge >= 0.3 is 0 Å². The maximum atomic E-state index is 13.0. The van der Waals surface area contributed by atoms with Crippen LogP contribution in [0.25, 0.3) is 0 Å². The van der Waals surface area contributed by atoms with Crippen molar-refractivity contribution in [1.82, 2.24) is 10.6 Å². The molecule has 9 heteroatoms. The molecule has 3 N–H and O–H groups in total. The molecule has 0 bridgehead atoms. The zero-order valence-electron chi connectivity index (χ0n) is 18.8. The molecule has 2 aromatic rings. The second-order valence-electron chi connectivity index (χ2n) is 8.08. The van der Waals surface area contributed by atoms with Crippen molar-refractivity contribution in [2.75, 3.05) is 49.0 Å². The number of carbonyl (C=O) groups is 1. The number of benzene rings is 2. The Morgan fingerprint density at radius 1 is 1.12 bits per heavy atom. The molecule has 8 nitrogen and oxygen atoms in total. The van der Waals surface area contributed by atoms with E-state index in [0.29, 0.717) is 36.1 Å². The molecule has 0 spiro atoms. The van der Waals surface area contributed by atoms with E-state index >= 15 is 0 Å². The molecule has 3 rings (SSSR count). The third-order valence-electron chi connectivity index (χ3n) is 5.07. The van der Waals surface area contributed by atoms with E-state index in [1.54, 1.807) is 24.3 Å². The van der Waals surface area contributed by atoms with Gasteiger partial charge in [-0.3, -0.25) is 9.52 Å². The van der Waals surface area contributed by atoms with E-state index in [0.717, 1.165) is 31.9 Å².